The molecule has 1 aliphatic rings. The van der Waals surface area contributed by atoms with Crippen LogP contribution in [0.4, 0.5) is 4.79 Å². The Morgan fingerprint density at radius 3 is 2.64 bits per heavy atom. The molecule has 2 rings (SSSR count). The second kappa shape index (κ2) is 3.41. The fraction of sp³-hybridized carbons (Fsp3) is 0.250. The van der Waals surface area contributed by atoms with Gasteiger partial charge in [-0.3, -0.25) is 10.1 Å². The van der Waals surface area contributed by atoms with Crippen LogP contribution >= 0.6 is 0 Å². The standard InChI is InChI=1S/C8H8N4O2/c13-7-5-12(8(14)11-7)4-6-9-2-1-3-10-6/h1-3H,4-5H2,(H,11,13,14). The summed E-state index contributed by atoms with van der Waals surface area (Å²) in [5, 5.41) is 2.18. The summed E-state index contributed by atoms with van der Waals surface area (Å²) in [6, 6.07) is 1.31. The number of carbonyl (C=O) groups excluding carboxylic acids is 2. The summed E-state index contributed by atoms with van der Waals surface area (Å²) in [5.74, 6) is 0.239. The molecule has 6 nitrogen and oxygen atoms in total. The van der Waals surface area contributed by atoms with Gasteiger partial charge in [0.25, 0.3) is 0 Å². The Morgan fingerprint density at radius 1 is 1.36 bits per heavy atom. The molecular weight excluding hydrogens is 184 g/mol. The molecule has 0 saturated carbocycles. The zero-order valence-electron chi connectivity index (χ0n) is 7.30. The lowest BCUT2D eigenvalue weighted by Crippen LogP contribution is -2.28. The molecule has 1 aromatic heterocycles. The van der Waals surface area contributed by atoms with Crippen molar-refractivity contribution in [3.63, 3.8) is 0 Å². The van der Waals surface area contributed by atoms with E-state index in [0.717, 1.165) is 0 Å². The van der Waals surface area contributed by atoms with Crippen LogP contribution in [0.15, 0.2) is 18.5 Å². The highest BCUT2D eigenvalue weighted by molar-refractivity contribution is 6.01. The number of hydrogen-bond donors (Lipinski definition) is 1. The van der Waals surface area contributed by atoms with E-state index < -0.39 is 0 Å². The van der Waals surface area contributed by atoms with E-state index in [2.05, 4.69) is 15.3 Å². The van der Waals surface area contributed by atoms with Gasteiger partial charge in [-0.15, -0.1) is 0 Å². The van der Waals surface area contributed by atoms with Gasteiger partial charge in [0.05, 0.1) is 6.54 Å². The van der Waals surface area contributed by atoms with Crippen molar-refractivity contribution in [3.05, 3.63) is 24.3 Å². The molecule has 0 spiro atoms. The maximum atomic E-state index is 11.1. The molecule has 1 aromatic rings. The van der Waals surface area contributed by atoms with Crippen LogP contribution in [-0.2, 0) is 11.3 Å². The van der Waals surface area contributed by atoms with Crippen LogP contribution in [0.3, 0.4) is 0 Å². The van der Waals surface area contributed by atoms with Gasteiger partial charge in [0.15, 0.2) is 0 Å². The number of nitrogens with zero attached hydrogens (tertiary/aromatic N) is 3. The van der Waals surface area contributed by atoms with Gasteiger partial charge in [0.1, 0.15) is 12.4 Å². The second-order valence-corrected chi connectivity index (χ2v) is 2.87. The minimum atomic E-state index is -0.387. The molecule has 3 amide bonds. The van der Waals surface area contributed by atoms with Gasteiger partial charge in [0, 0.05) is 12.4 Å². The van der Waals surface area contributed by atoms with Crippen LogP contribution in [0.1, 0.15) is 5.82 Å². The zero-order valence-corrected chi connectivity index (χ0v) is 7.30. The predicted molar refractivity (Wildman–Crippen MR) is 46.0 cm³/mol. The van der Waals surface area contributed by atoms with Gasteiger partial charge in [0.2, 0.25) is 5.91 Å². The van der Waals surface area contributed by atoms with Gasteiger partial charge in [-0.25, -0.2) is 14.8 Å². The van der Waals surface area contributed by atoms with Gasteiger partial charge in [-0.1, -0.05) is 0 Å². The molecule has 0 unspecified atom stereocenters. The summed E-state index contributed by atoms with van der Waals surface area (Å²) in [5.41, 5.74) is 0. The van der Waals surface area contributed by atoms with Crippen LogP contribution < -0.4 is 5.32 Å². The first kappa shape index (κ1) is 8.61. The number of imide groups is 1. The quantitative estimate of drug-likeness (QED) is 0.642. The van der Waals surface area contributed by atoms with Crippen molar-refractivity contribution >= 4 is 11.9 Å². The fourth-order valence-electron chi connectivity index (χ4n) is 1.19. The molecule has 72 valence electrons. The van der Waals surface area contributed by atoms with Crippen molar-refractivity contribution in [1.82, 2.24) is 20.2 Å². The highest BCUT2D eigenvalue weighted by Crippen LogP contribution is 2.02. The first-order valence-corrected chi connectivity index (χ1v) is 4.10. The molecule has 14 heavy (non-hydrogen) atoms. The lowest BCUT2D eigenvalue weighted by atomic mass is 10.5. The summed E-state index contributed by atoms with van der Waals surface area (Å²) >= 11 is 0. The number of hydrogen-bond acceptors (Lipinski definition) is 4. The Hall–Kier alpha value is -1.98. The minimum Gasteiger partial charge on any atom is -0.308 e. The van der Waals surface area contributed by atoms with E-state index in [4.69, 9.17) is 0 Å². The summed E-state index contributed by atoms with van der Waals surface area (Å²) < 4.78 is 0. The first-order valence-electron chi connectivity index (χ1n) is 4.10. The van der Waals surface area contributed by atoms with Crippen LogP contribution in [0.2, 0.25) is 0 Å². The van der Waals surface area contributed by atoms with Crippen LogP contribution in [0.25, 0.3) is 0 Å². The normalized spacial score (nSPS) is 15.9. The molecule has 0 aliphatic carbocycles. The molecule has 6 heteroatoms. The summed E-state index contributed by atoms with van der Waals surface area (Å²) in [6.45, 7) is 0.343. The van der Waals surface area contributed by atoms with Crippen molar-refractivity contribution in [1.29, 1.82) is 0 Å². The Kier molecular flexibility index (Phi) is 2.10. The number of nitrogens with one attached hydrogen (secondary N) is 1. The summed E-state index contributed by atoms with van der Waals surface area (Å²) in [6.07, 6.45) is 3.19. The smallest absolute Gasteiger partial charge is 0.308 e. The van der Waals surface area contributed by atoms with Gasteiger partial charge in [-0.05, 0) is 6.07 Å². The molecule has 1 aliphatic heterocycles. The third kappa shape index (κ3) is 1.68. The fourth-order valence-corrected chi connectivity index (χ4v) is 1.19. The number of urea groups is 1. The topological polar surface area (TPSA) is 75.2 Å². The van der Waals surface area contributed by atoms with Crippen molar-refractivity contribution in [2.75, 3.05) is 6.54 Å². The molecule has 0 radical (unpaired) electrons. The predicted octanol–water partition coefficient (Wildman–Crippen LogP) is -0.472. The lowest BCUT2D eigenvalue weighted by molar-refractivity contribution is -0.118. The van der Waals surface area contributed by atoms with E-state index in [1.54, 1.807) is 18.5 Å². The molecular formula is C8H8N4O2. The van der Waals surface area contributed by atoms with Crippen molar-refractivity contribution in [3.8, 4) is 0 Å². The Labute approximate surface area is 80.0 Å². The van der Waals surface area contributed by atoms with Gasteiger partial charge >= 0.3 is 6.03 Å². The third-order valence-electron chi connectivity index (χ3n) is 1.82. The maximum absolute atomic E-state index is 11.1. The zero-order chi connectivity index (χ0) is 9.97. The van der Waals surface area contributed by atoms with Gasteiger partial charge < -0.3 is 4.90 Å². The Morgan fingerprint density at radius 2 is 2.07 bits per heavy atom. The second-order valence-electron chi connectivity index (χ2n) is 2.87. The van der Waals surface area contributed by atoms with E-state index in [-0.39, 0.29) is 25.0 Å². The highest BCUT2D eigenvalue weighted by atomic mass is 16.2. The summed E-state index contributed by atoms with van der Waals surface area (Å²) in [7, 11) is 0. The van der Waals surface area contributed by atoms with Crippen molar-refractivity contribution in [2.24, 2.45) is 0 Å². The monoisotopic (exact) mass is 192 g/mol. The third-order valence-corrected chi connectivity index (χ3v) is 1.82. The average Bonchev–Trinajstić information content (AvgIpc) is 2.47. The number of aromatic nitrogens is 2. The molecule has 0 atom stereocenters. The van der Waals surface area contributed by atoms with Crippen LogP contribution in [0.5, 0.6) is 0 Å². The first-order chi connectivity index (χ1) is 6.75. The molecule has 2 heterocycles. The molecule has 1 saturated heterocycles. The molecule has 1 fully saturated rings. The number of rotatable bonds is 2. The van der Waals surface area contributed by atoms with E-state index >= 15 is 0 Å². The van der Waals surface area contributed by atoms with Gasteiger partial charge in [-0.2, -0.15) is 0 Å². The number of amides is 3. The lowest BCUT2D eigenvalue weighted by Gasteiger charge is -2.10. The van der Waals surface area contributed by atoms with E-state index in [1.165, 1.54) is 4.90 Å². The van der Waals surface area contributed by atoms with E-state index in [9.17, 15) is 9.59 Å². The van der Waals surface area contributed by atoms with E-state index in [0.29, 0.717) is 5.82 Å². The Bertz CT molecular complexity index is 365. The average molecular weight is 192 g/mol. The maximum Gasteiger partial charge on any atom is 0.324 e. The van der Waals surface area contributed by atoms with E-state index in [1.807, 2.05) is 0 Å². The van der Waals surface area contributed by atoms with Crippen LogP contribution in [-0.4, -0.2) is 33.4 Å². The largest absolute Gasteiger partial charge is 0.324 e. The minimum absolute atomic E-state index is 0.0804. The molecule has 0 aromatic carbocycles. The van der Waals surface area contributed by atoms with Crippen molar-refractivity contribution < 1.29 is 9.59 Å². The highest BCUT2D eigenvalue weighted by Gasteiger charge is 2.26. The molecule has 0 bridgehead atoms. The van der Waals surface area contributed by atoms with Crippen LogP contribution in [0, 0.1) is 0 Å². The Balaban J connectivity index is 2.05. The summed E-state index contributed by atoms with van der Waals surface area (Å²) in [4.78, 5) is 31.2. The number of carbonyl (C=O) groups is 2. The SMILES string of the molecule is O=C1CN(Cc2ncccn2)C(=O)N1. The van der Waals surface area contributed by atoms with Crippen molar-refractivity contribution in [2.45, 2.75) is 6.54 Å². The molecule has 1 N–H and O–H groups in total.